The second-order valence-electron chi connectivity index (χ2n) is 5.71. The number of aryl methyl sites for hydroxylation is 2. The molecule has 0 amide bonds. The third kappa shape index (κ3) is 6.64. The van der Waals surface area contributed by atoms with E-state index in [1.165, 1.54) is 0 Å². The monoisotopic (exact) mass is 326 g/mol. The van der Waals surface area contributed by atoms with E-state index >= 15 is 0 Å². The van der Waals surface area contributed by atoms with E-state index in [-0.39, 0.29) is 17.4 Å². The van der Waals surface area contributed by atoms with Gasteiger partial charge < -0.3 is 9.30 Å². The first-order valence-corrected chi connectivity index (χ1v) is 8.74. The molecule has 0 saturated carbocycles. The summed E-state index contributed by atoms with van der Waals surface area (Å²) in [7, 11) is 1.91. The number of carbonyl (C=O) groups is 1. The first-order valence-electron chi connectivity index (χ1n) is 7.75. The molecule has 0 radical (unpaired) electrons. The summed E-state index contributed by atoms with van der Waals surface area (Å²) in [5, 5.41) is 0.765. The minimum atomic E-state index is -0.146. The van der Waals surface area contributed by atoms with Crippen molar-refractivity contribution in [2.45, 2.75) is 51.6 Å². The Labute approximate surface area is 136 Å². The Morgan fingerprint density at radius 1 is 1.32 bits per heavy atom. The summed E-state index contributed by atoms with van der Waals surface area (Å²) in [5.41, 5.74) is 0.523. The molecule has 22 heavy (non-hydrogen) atoms. The van der Waals surface area contributed by atoms with Gasteiger partial charge >= 0.3 is 5.97 Å². The van der Waals surface area contributed by atoms with Gasteiger partial charge in [-0.2, -0.15) is 4.98 Å². The zero-order valence-electron chi connectivity index (χ0n) is 13.9. The van der Waals surface area contributed by atoms with Crippen LogP contribution in [-0.2, 0) is 16.6 Å². The summed E-state index contributed by atoms with van der Waals surface area (Å²) < 4.78 is 7.02. The van der Waals surface area contributed by atoms with Crippen LogP contribution in [-0.4, -0.2) is 27.9 Å². The largest absolute Gasteiger partial charge is 0.465 e. The molecule has 0 N–H and O–H groups in total. The summed E-state index contributed by atoms with van der Waals surface area (Å²) in [6.45, 7) is 5.96. The second-order valence-corrected chi connectivity index (χ2v) is 6.77. The van der Waals surface area contributed by atoms with Crippen LogP contribution in [0.4, 0.5) is 0 Å². The van der Waals surface area contributed by atoms with E-state index in [1.54, 1.807) is 18.7 Å². The maximum Gasteiger partial charge on any atom is 0.308 e. The predicted octanol–water partition coefficient (Wildman–Crippen LogP) is 2.94. The van der Waals surface area contributed by atoms with Crippen molar-refractivity contribution in [2.75, 3.05) is 12.4 Å². The van der Waals surface area contributed by atoms with Crippen molar-refractivity contribution in [2.24, 2.45) is 13.0 Å². The molecule has 1 heterocycles. The first kappa shape index (κ1) is 18.7. The number of thioether (sulfide) groups is 1. The van der Waals surface area contributed by atoms with Crippen LogP contribution in [0.25, 0.3) is 0 Å². The van der Waals surface area contributed by atoms with Crippen molar-refractivity contribution < 1.29 is 9.53 Å². The summed E-state index contributed by atoms with van der Waals surface area (Å²) in [6.07, 6.45) is 5.93. The van der Waals surface area contributed by atoms with E-state index in [9.17, 15) is 9.59 Å². The first-order chi connectivity index (χ1) is 10.4. The smallest absolute Gasteiger partial charge is 0.308 e. The molecule has 0 unspecified atom stereocenters. The number of aromatic nitrogens is 2. The summed E-state index contributed by atoms with van der Waals surface area (Å²) in [5.74, 6) is 0.766. The van der Waals surface area contributed by atoms with E-state index in [2.05, 4.69) is 4.98 Å². The number of unbranched alkanes of at least 4 members (excludes halogenated alkanes) is 3. The number of esters is 1. The van der Waals surface area contributed by atoms with Crippen molar-refractivity contribution in [3.8, 4) is 0 Å². The molecule has 0 spiro atoms. The molecule has 0 aliphatic heterocycles. The average molecular weight is 326 g/mol. The molecule has 0 fully saturated rings. The molecule has 0 aliphatic rings. The number of hydrogen-bond donors (Lipinski definition) is 0. The minimum absolute atomic E-state index is 0.0509. The van der Waals surface area contributed by atoms with Gasteiger partial charge in [0.1, 0.15) is 0 Å². The van der Waals surface area contributed by atoms with Crippen molar-refractivity contribution in [3.05, 3.63) is 22.1 Å². The second kappa shape index (κ2) is 9.66. The molecule has 6 heteroatoms. The highest BCUT2D eigenvalue weighted by Gasteiger charge is 2.07. The minimum Gasteiger partial charge on any atom is -0.465 e. The van der Waals surface area contributed by atoms with Crippen LogP contribution in [0.2, 0.25) is 0 Å². The molecule has 1 aromatic rings. The van der Waals surface area contributed by atoms with Gasteiger partial charge in [-0.1, -0.05) is 38.5 Å². The number of nitrogens with zero attached hydrogens (tertiary/aromatic N) is 2. The number of ether oxygens (including phenoxy) is 1. The highest BCUT2D eigenvalue weighted by molar-refractivity contribution is 7.99. The molecule has 0 atom stereocenters. The van der Waals surface area contributed by atoms with Gasteiger partial charge in [-0.15, -0.1) is 0 Å². The number of carbonyl (C=O) groups excluding carboxylic acids is 1. The summed E-state index contributed by atoms with van der Waals surface area (Å²) in [4.78, 5) is 26.8. The van der Waals surface area contributed by atoms with E-state index < -0.39 is 0 Å². The Balaban J connectivity index is 2.13. The van der Waals surface area contributed by atoms with Crippen LogP contribution in [0.5, 0.6) is 0 Å². The molecule has 1 aromatic heterocycles. The van der Waals surface area contributed by atoms with E-state index in [0.29, 0.717) is 12.2 Å². The lowest BCUT2D eigenvalue weighted by atomic mass is 10.2. The van der Waals surface area contributed by atoms with Crippen LogP contribution >= 0.6 is 11.8 Å². The van der Waals surface area contributed by atoms with Crippen LogP contribution in [0.3, 0.4) is 0 Å². The third-order valence-corrected chi connectivity index (χ3v) is 4.34. The molecule has 0 saturated heterocycles. The zero-order chi connectivity index (χ0) is 16.5. The standard InChI is InChI=1S/C16H26N2O3S/c1-12(2)15(20)21-9-7-5-6-8-10-22-16-17-14(19)13(3)11-18(16)4/h11-12H,5-10H2,1-4H3. The van der Waals surface area contributed by atoms with E-state index in [0.717, 1.165) is 36.6 Å². The van der Waals surface area contributed by atoms with Crippen molar-refractivity contribution in [1.82, 2.24) is 9.55 Å². The Bertz CT molecular complexity index is 541. The van der Waals surface area contributed by atoms with Gasteiger partial charge in [-0.3, -0.25) is 9.59 Å². The lowest BCUT2D eigenvalue weighted by Gasteiger charge is -2.08. The molecular formula is C16H26N2O3S. The maximum absolute atomic E-state index is 11.5. The molecule has 0 bridgehead atoms. The Kier molecular flexibility index (Phi) is 8.24. The Morgan fingerprint density at radius 3 is 2.68 bits per heavy atom. The Morgan fingerprint density at radius 2 is 2.00 bits per heavy atom. The van der Waals surface area contributed by atoms with Crippen LogP contribution in [0, 0.1) is 12.8 Å². The fourth-order valence-electron chi connectivity index (χ4n) is 1.85. The van der Waals surface area contributed by atoms with Crippen molar-refractivity contribution in [3.63, 3.8) is 0 Å². The normalized spacial score (nSPS) is 11.0. The lowest BCUT2D eigenvalue weighted by Crippen LogP contribution is -2.15. The van der Waals surface area contributed by atoms with E-state index in [1.807, 2.05) is 31.7 Å². The Hall–Kier alpha value is -1.30. The van der Waals surface area contributed by atoms with Crippen LogP contribution < -0.4 is 5.56 Å². The predicted molar refractivity (Wildman–Crippen MR) is 89.2 cm³/mol. The molecule has 0 aliphatic carbocycles. The summed E-state index contributed by atoms with van der Waals surface area (Å²) >= 11 is 1.61. The SMILES string of the molecule is Cc1cn(C)c(SCCCCCCOC(=O)C(C)C)nc1=O. The van der Waals surface area contributed by atoms with Gasteiger partial charge in [0.15, 0.2) is 5.16 Å². The lowest BCUT2D eigenvalue weighted by molar-refractivity contribution is -0.147. The highest BCUT2D eigenvalue weighted by Crippen LogP contribution is 2.16. The quantitative estimate of drug-likeness (QED) is 0.302. The van der Waals surface area contributed by atoms with Gasteiger partial charge in [-0.25, -0.2) is 0 Å². The topological polar surface area (TPSA) is 61.2 Å². The number of hydrogen-bond acceptors (Lipinski definition) is 5. The number of rotatable bonds is 9. The van der Waals surface area contributed by atoms with Crippen LogP contribution in [0.15, 0.2) is 16.1 Å². The molecule has 5 nitrogen and oxygen atoms in total. The van der Waals surface area contributed by atoms with Gasteiger partial charge in [0.25, 0.3) is 5.56 Å². The maximum atomic E-state index is 11.5. The van der Waals surface area contributed by atoms with Crippen molar-refractivity contribution in [1.29, 1.82) is 0 Å². The molecule has 1 rings (SSSR count). The highest BCUT2D eigenvalue weighted by atomic mass is 32.2. The summed E-state index contributed by atoms with van der Waals surface area (Å²) in [6, 6.07) is 0. The van der Waals surface area contributed by atoms with Crippen LogP contribution in [0.1, 0.15) is 45.1 Å². The van der Waals surface area contributed by atoms with Gasteiger partial charge in [0, 0.05) is 24.6 Å². The van der Waals surface area contributed by atoms with Gasteiger partial charge in [-0.05, 0) is 19.8 Å². The fraction of sp³-hybridized carbons (Fsp3) is 0.688. The zero-order valence-corrected chi connectivity index (χ0v) is 14.7. The van der Waals surface area contributed by atoms with Gasteiger partial charge in [0.2, 0.25) is 0 Å². The van der Waals surface area contributed by atoms with Crippen molar-refractivity contribution >= 4 is 17.7 Å². The third-order valence-electron chi connectivity index (χ3n) is 3.21. The van der Waals surface area contributed by atoms with Gasteiger partial charge in [0.05, 0.1) is 12.5 Å². The molecular weight excluding hydrogens is 300 g/mol. The molecule has 124 valence electrons. The molecule has 0 aromatic carbocycles. The average Bonchev–Trinajstić information content (AvgIpc) is 2.46. The van der Waals surface area contributed by atoms with E-state index in [4.69, 9.17) is 4.74 Å². The fourth-order valence-corrected chi connectivity index (χ4v) is 2.78.